The number of rotatable bonds is 3. The maximum absolute atomic E-state index is 13.5. The zero-order chi connectivity index (χ0) is 16.4. The van der Waals surface area contributed by atoms with Crippen molar-refractivity contribution in [3.8, 4) is 6.07 Å². The lowest BCUT2D eigenvalue weighted by Gasteiger charge is -2.24. The molecule has 5 heteroatoms. The topological polar surface area (TPSA) is 47.3 Å². The van der Waals surface area contributed by atoms with Gasteiger partial charge in [0, 0.05) is 19.1 Å². The van der Waals surface area contributed by atoms with Crippen molar-refractivity contribution in [2.24, 2.45) is 0 Å². The maximum Gasteiger partial charge on any atom is 0.140 e. The lowest BCUT2D eigenvalue weighted by atomic mass is 10.0. The predicted octanol–water partition coefficient (Wildman–Crippen LogP) is 3.14. The molecule has 0 saturated carbocycles. The Morgan fingerprint density at radius 3 is 2.78 bits per heavy atom. The number of hydrogen-bond donors (Lipinski definition) is 1. The second-order valence-electron chi connectivity index (χ2n) is 5.82. The van der Waals surface area contributed by atoms with Crippen molar-refractivity contribution >= 4 is 0 Å². The highest BCUT2D eigenvalue weighted by atomic mass is 19.1. The Morgan fingerprint density at radius 2 is 2.04 bits per heavy atom. The van der Waals surface area contributed by atoms with Gasteiger partial charge in [0.1, 0.15) is 17.7 Å². The van der Waals surface area contributed by atoms with Gasteiger partial charge in [-0.25, -0.2) is 8.78 Å². The summed E-state index contributed by atoms with van der Waals surface area (Å²) in [7, 11) is 0. The summed E-state index contributed by atoms with van der Waals surface area (Å²) < 4.78 is 26.9. The first kappa shape index (κ1) is 15.6. The second-order valence-corrected chi connectivity index (χ2v) is 5.82. The summed E-state index contributed by atoms with van der Waals surface area (Å²) in [5.74, 6) is -0.850. The standard InChI is InChI=1S/C18H16F2N2O/c19-15-3-1-2-13(7-15)18-8-16(23)11-22(18)10-12-4-5-17(20)14(6-12)9-21/h1-7,16,18,23H,8,10-11H2/t16-,18-/m1/s1. The number of β-amino-alcohol motifs (C(OH)–C–C–N with tert-alkyl or cyclic N) is 1. The van der Waals surface area contributed by atoms with Gasteiger partial charge in [-0.2, -0.15) is 5.26 Å². The molecule has 0 bridgehead atoms. The third kappa shape index (κ3) is 3.39. The Labute approximate surface area is 133 Å². The monoisotopic (exact) mass is 314 g/mol. The van der Waals surface area contributed by atoms with Crippen LogP contribution >= 0.6 is 0 Å². The molecule has 0 spiro atoms. The highest BCUT2D eigenvalue weighted by Gasteiger charge is 2.32. The molecule has 1 fully saturated rings. The maximum atomic E-state index is 13.5. The van der Waals surface area contributed by atoms with Crippen LogP contribution in [0.2, 0.25) is 0 Å². The van der Waals surface area contributed by atoms with Crippen molar-refractivity contribution in [2.45, 2.75) is 25.1 Å². The number of benzene rings is 2. The van der Waals surface area contributed by atoms with E-state index in [4.69, 9.17) is 5.26 Å². The van der Waals surface area contributed by atoms with Crippen molar-refractivity contribution in [3.63, 3.8) is 0 Å². The van der Waals surface area contributed by atoms with Crippen molar-refractivity contribution in [2.75, 3.05) is 6.54 Å². The molecule has 1 saturated heterocycles. The van der Waals surface area contributed by atoms with E-state index in [9.17, 15) is 13.9 Å². The van der Waals surface area contributed by atoms with Crippen LogP contribution < -0.4 is 0 Å². The summed E-state index contributed by atoms with van der Waals surface area (Å²) in [5.41, 5.74) is 1.60. The third-order valence-corrected chi connectivity index (χ3v) is 4.15. The summed E-state index contributed by atoms with van der Waals surface area (Å²) in [6.07, 6.45) is 0.0367. The Balaban J connectivity index is 1.84. The molecule has 0 aromatic heterocycles. The third-order valence-electron chi connectivity index (χ3n) is 4.15. The van der Waals surface area contributed by atoms with E-state index >= 15 is 0 Å². The minimum Gasteiger partial charge on any atom is -0.392 e. The molecule has 2 atom stereocenters. The number of halogens is 2. The van der Waals surface area contributed by atoms with Gasteiger partial charge in [-0.05, 0) is 41.8 Å². The molecule has 118 valence electrons. The highest BCUT2D eigenvalue weighted by molar-refractivity contribution is 5.34. The molecule has 23 heavy (non-hydrogen) atoms. The number of likely N-dealkylation sites (tertiary alicyclic amines) is 1. The van der Waals surface area contributed by atoms with Crippen LogP contribution in [0.1, 0.15) is 29.2 Å². The molecule has 1 aliphatic heterocycles. The van der Waals surface area contributed by atoms with Crippen molar-refractivity contribution in [1.82, 2.24) is 4.90 Å². The van der Waals surface area contributed by atoms with Crippen molar-refractivity contribution < 1.29 is 13.9 Å². The number of nitrogens with zero attached hydrogens (tertiary/aromatic N) is 2. The molecule has 0 amide bonds. The Hall–Kier alpha value is -2.29. The fourth-order valence-electron chi connectivity index (χ4n) is 3.11. The van der Waals surface area contributed by atoms with E-state index in [1.54, 1.807) is 12.1 Å². The van der Waals surface area contributed by atoms with E-state index in [0.717, 1.165) is 11.1 Å². The molecule has 1 N–H and O–H groups in total. The number of aliphatic hydroxyl groups excluding tert-OH is 1. The van der Waals surface area contributed by atoms with Gasteiger partial charge in [0.25, 0.3) is 0 Å². The SMILES string of the molecule is N#Cc1cc(CN2C[C@H](O)C[C@@H]2c2cccc(F)c2)ccc1F. The van der Waals surface area contributed by atoms with Gasteiger partial charge < -0.3 is 5.11 Å². The van der Waals surface area contributed by atoms with Crippen LogP contribution in [0.3, 0.4) is 0 Å². The van der Waals surface area contributed by atoms with E-state index < -0.39 is 11.9 Å². The van der Waals surface area contributed by atoms with Crippen molar-refractivity contribution in [1.29, 1.82) is 5.26 Å². The molecular weight excluding hydrogens is 298 g/mol. The first-order valence-electron chi connectivity index (χ1n) is 7.43. The van der Waals surface area contributed by atoms with Crippen LogP contribution in [0.15, 0.2) is 42.5 Å². The fraction of sp³-hybridized carbons (Fsp3) is 0.278. The molecule has 2 aromatic carbocycles. The van der Waals surface area contributed by atoms with Gasteiger partial charge in [0.15, 0.2) is 0 Å². The summed E-state index contributed by atoms with van der Waals surface area (Å²) >= 11 is 0. The van der Waals surface area contributed by atoms with Crippen LogP contribution in [-0.4, -0.2) is 22.7 Å². The van der Waals surface area contributed by atoms with Crippen LogP contribution in [0, 0.1) is 23.0 Å². The summed E-state index contributed by atoms with van der Waals surface area (Å²) in [6.45, 7) is 0.924. The second kappa shape index (κ2) is 6.45. The van der Waals surface area contributed by atoms with Gasteiger partial charge in [0.2, 0.25) is 0 Å². The van der Waals surface area contributed by atoms with Crippen LogP contribution in [0.5, 0.6) is 0 Å². The van der Waals surface area contributed by atoms with Crippen LogP contribution in [-0.2, 0) is 6.54 Å². The lowest BCUT2D eigenvalue weighted by molar-refractivity contribution is 0.172. The van der Waals surface area contributed by atoms with Gasteiger partial charge in [-0.3, -0.25) is 4.90 Å². The minimum absolute atomic E-state index is 0.00421. The predicted molar refractivity (Wildman–Crippen MR) is 81.3 cm³/mol. The zero-order valence-electron chi connectivity index (χ0n) is 12.4. The minimum atomic E-state index is -0.542. The van der Waals surface area contributed by atoms with E-state index in [0.29, 0.717) is 19.5 Å². The van der Waals surface area contributed by atoms with Gasteiger partial charge in [-0.1, -0.05) is 18.2 Å². The molecule has 1 heterocycles. The number of aliphatic hydroxyl groups is 1. The Bertz CT molecular complexity index is 757. The van der Waals surface area contributed by atoms with Crippen molar-refractivity contribution in [3.05, 3.63) is 70.8 Å². The normalized spacial score (nSPS) is 21.3. The lowest BCUT2D eigenvalue weighted by Crippen LogP contribution is -2.24. The summed E-state index contributed by atoms with van der Waals surface area (Å²) in [5, 5.41) is 18.9. The number of hydrogen-bond acceptors (Lipinski definition) is 3. The summed E-state index contributed by atoms with van der Waals surface area (Å²) in [4.78, 5) is 2.02. The molecule has 0 unspecified atom stereocenters. The quantitative estimate of drug-likeness (QED) is 0.947. The van der Waals surface area contributed by atoms with E-state index in [1.165, 1.54) is 24.3 Å². The average Bonchev–Trinajstić information content (AvgIpc) is 2.90. The average molecular weight is 314 g/mol. The molecule has 0 radical (unpaired) electrons. The molecule has 1 aliphatic rings. The molecule has 0 aliphatic carbocycles. The first-order valence-corrected chi connectivity index (χ1v) is 7.43. The Kier molecular flexibility index (Phi) is 4.37. The number of nitriles is 1. The smallest absolute Gasteiger partial charge is 0.140 e. The van der Waals surface area contributed by atoms with Gasteiger partial charge in [0.05, 0.1) is 11.7 Å². The highest BCUT2D eigenvalue weighted by Crippen LogP contribution is 2.33. The van der Waals surface area contributed by atoms with Gasteiger partial charge >= 0.3 is 0 Å². The Morgan fingerprint density at radius 1 is 1.22 bits per heavy atom. The largest absolute Gasteiger partial charge is 0.392 e. The van der Waals surface area contributed by atoms with E-state index in [1.807, 2.05) is 17.0 Å². The molecule has 2 aromatic rings. The van der Waals surface area contributed by atoms with E-state index in [2.05, 4.69) is 0 Å². The first-order chi connectivity index (χ1) is 11.1. The fourth-order valence-corrected chi connectivity index (χ4v) is 3.11. The molecular formula is C18H16F2N2O. The van der Waals surface area contributed by atoms with E-state index in [-0.39, 0.29) is 17.4 Å². The zero-order valence-corrected chi connectivity index (χ0v) is 12.4. The molecule has 3 rings (SSSR count). The van der Waals surface area contributed by atoms with Gasteiger partial charge in [-0.15, -0.1) is 0 Å². The van der Waals surface area contributed by atoms with Crippen LogP contribution in [0.4, 0.5) is 8.78 Å². The molecule has 3 nitrogen and oxygen atoms in total. The van der Waals surface area contributed by atoms with Crippen LogP contribution in [0.25, 0.3) is 0 Å². The summed E-state index contributed by atoms with van der Waals surface area (Å²) in [6, 6.07) is 12.5.